The fraction of sp³-hybridized carbons (Fsp3) is 0.571. The van der Waals surface area contributed by atoms with Crippen LogP contribution in [0.25, 0.3) is 0 Å². The van der Waals surface area contributed by atoms with Crippen LogP contribution in [0.5, 0.6) is 0 Å². The Bertz CT molecular complexity index is 289. The zero-order valence-electron chi connectivity index (χ0n) is 10.0. The van der Waals surface area contributed by atoms with E-state index in [0.29, 0.717) is 0 Å². The van der Waals surface area contributed by atoms with Crippen molar-refractivity contribution in [2.75, 3.05) is 0 Å². The maximum absolute atomic E-state index is 10.2. The third-order valence-corrected chi connectivity index (χ3v) is 3.64. The Kier molecular flexibility index (Phi) is 3.77. The molecule has 0 fully saturated rings. The van der Waals surface area contributed by atoms with Gasteiger partial charge in [0.25, 0.3) is 0 Å². The van der Waals surface area contributed by atoms with Gasteiger partial charge in [-0.1, -0.05) is 46.2 Å². The highest BCUT2D eigenvalue weighted by Gasteiger charge is 2.30. The van der Waals surface area contributed by atoms with Crippen LogP contribution >= 0.6 is 0 Å². The summed E-state index contributed by atoms with van der Waals surface area (Å²) >= 11 is 0. The molecule has 0 aliphatic heterocycles. The Morgan fingerprint density at radius 2 is 2.07 bits per heavy atom. The number of aliphatic hydroxyl groups excluding tert-OH is 1. The van der Waals surface area contributed by atoms with E-state index in [4.69, 9.17) is 0 Å². The van der Waals surface area contributed by atoms with Crippen molar-refractivity contribution >= 4 is 0 Å². The van der Waals surface area contributed by atoms with Crippen LogP contribution in [0.2, 0.25) is 0 Å². The Labute approximate surface area is 93.1 Å². The molecule has 0 saturated heterocycles. The second-order valence-corrected chi connectivity index (χ2v) is 4.84. The van der Waals surface area contributed by atoms with Gasteiger partial charge in [0, 0.05) is 0 Å². The van der Waals surface area contributed by atoms with Crippen LogP contribution in [-0.2, 0) is 0 Å². The summed E-state index contributed by atoms with van der Waals surface area (Å²) in [7, 11) is 0. The summed E-state index contributed by atoms with van der Waals surface area (Å²) in [6, 6.07) is 11.2. The van der Waals surface area contributed by atoms with Gasteiger partial charge >= 0.3 is 0 Å². The van der Waals surface area contributed by atoms with E-state index in [2.05, 4.69) is 39.8 Å². The molecule has 1 heteroatoms. The van der Waals surface area contributed by atoms with Gasteiger partial charge in [0.1, 0.15) is 0 Å². The zero-order valence-corrected chi connectivity index (χ0v) is 10.0. The van der Waals surface area contributed by atoms with Crippen molar-refractivity contribution in [2.45, 2.75) is 40.2 Å². The van der Waals surface area contributed by atoms with Gasteiger partial charge in [0.15, 0.2) is 0 Å². The highest BCUT2D eigenvalue weighted by atomic mass is 16.3. The summed E-state index contributed by atoms with van der Waals surface area (Å²) < 4.78 is 0. The number of aliphatic hydroxyl groups is 1. The maximum Gasteiger partial charge on any atom is 0.0827 e. The van der Waals surface area contributed by atoms with E-state index >= 15 is 0 Å². The van der Waals surface area contributed by atoms with Crippen molar-refractivity contribution in [3.63, 3.8) is 0 Å². The van der Waals surface area contributed by atoms with Crippen molar-refractivity contribution in [2.24, 2.45) is 11.3 Å². The van der Waals surface area contributed by atoms with Gasteiger partial charge in [-0.3, -0.25) is 0 Å². The first kappa shape index (κ1) is 12.1. The molecule has 0 spiro atoms. The predicted molar refractivity (Wildman–Crippen MR) is 62.3 cm³/mol. The van der Waals surface area contributed by atoms with Gasteiger partial charge in [-0.05, 0) is 35.1 Å². The average molecular weight is 204 g/mol. The monoisotopic (exact) mass is 204 g/mol. The summed E-state index contributed by atoms with van der Waals surface area (Å²) in [6.45, 7) is 8.65. The summed E-state index contributed by atoms with van der Waals surface area (Å²) in [5.41, 5.74) is 1.08. The zero-order chi connectivity index (χ0) is 11.5. The Morgan fingerprint density at radius 1 is 1.40 bits per heavy atom. The summed E-state index contributed by atoms with van der Waals surface area (Å²) in [5, 5.41) is 10.2. The fourth-order valence-corrected chi connectivity index (χ4v) is 1.58. The van der Waals surface area contributed by atoms with E-state index in [1.165, 1.54) is 0 Å². The Balaban J connectivity index is 2.82. The molecule has 82 valence electrons. The van der Waals surface area contributed by atoms with Gasteiger partial charge in [-0.15, -0.1) is 0 Å². The van der Waals surface area contributed by atoms with Gasteiger partial charge < -0.3 is 5.11 Å². The van der Waals surface area contributed by atoms with E-state index in [1.54, 1.807) is 6.07 Å². The first-order valence-corrected chi connectivity index (χ1v) is 5.54. The minimum atomic E-state index is -0.411. The molecule has 1 aromatic rings. The fourth-order valence-electron chi connectivity index (χ4n) is 1.58. The molecule has 0 aliphatic rings. The lowest BCUT2D eigenvalue weighted by Gasteiger charge is -2.34. The summed E-state index contributed by atoms with van der Waals surface area (Å²) in [5.74, 6) is 0.235. The molecule has 0 radical (unpaired) electrons. The van der Waals surface area contributed by atoms with Crippen molar-refractivity contribution in [1.29, 1.82) is 0 Å². The molecule has 0 aromatic heterocycles. The standard InChI is InChI=1S/C14H20O/c1-5-14(3,4)11(2)13(15)12-9-7-6-8-10-12/h7,9-11,13,15H,5H2,1-4H3. The topological polar surface area (TPSA) is 20.2 Å². The maximum atomic E-state index is 10.2. The van der Waals surface area contributed by atoms with Crippen LogP contribution in [0.3, 0.4) is 0 Å². The van der Waals surface area contributed by atoms with Gasteiger partial charge in [-0.2, -0.15) is 0 Å². The smallest absolute Gasteiger partial charge is 0.0827 e. The van der Waals surface area contributed by atoms with Crippen molar-refractivity contribution in [3.05, 3.63) is 35.9 Å². The molecular formula is C14H20O. The molecule has 0 amide bonds. The van der Waals surface area contributed by atoms with Crippen LogP contribution in [0, 0.1) is 23.5 Å². The second-order valence-electron chi connectivity index (χ2n) is 4.84. The molecular weight excluding hydrogens is 184 g/mol. The molecule has 1 N–H and O–H groups in total. The number of rotatable bonds is 4. The molecule has 1 rings (SSSR count). The predicted octanol–water partition coefficient (Wildman–Crippen LogP) is 3.39. The lowest BCUT2D eigenvalue weighted by Crippen LogP contribution is -2.26. The van der Waals surface area contributed by atoms with Crippen LogP contribution in [-0.4, -0.2) is 5.11 Å². The average Bonchev–Trinajstić information content (AvgIpc) is 2.28. The minimum absolute atomic E-state index is 0.152. The third-order valence-electron chi connectivity index (χ3n) is 3.64. The van der Waals surface area contributed by atoms with Gasteiger partial charge in [0.05, 0.1) is 6.10 Å². The van der Waals surface area contributed by atoms with E-state index in [0.717, 1.165) is 12.0 Å². The van der Waals surface area contributed by atoms with Crippen LogP contribution in [0.4, 0.5) is 0 Å². The summed E-state index contributed by atoms with van der Waals surface area (Å²) in [6.07, 6.45) is 0.652. The quantitative estimate of drug-likeness (QED) is 0.797. The van der Waals surface area contributed by atoms with E-state index in [-0.39, 0.29) is 11.3 Å². The van der Waals surface area contributed by atoms with Crippen molar-refractivity contribution < 1.29 is 5.11 Å². The first-order chi connectivity index (χ1) is 6.99. The molecule has 1 nitrogen and oxygen atoms in total. The lowest BCUT2D eigenvalue weighted by atomic mass is 9.73. The van der Waals surface area contributed by atoms with E-state index in [1.807, 2.05) is 12.1 Å². The van der Waals surface area contributed by atoms with Gasteiger partial charge in [0.2, 0.25) is 0 Å². The molecule has 0 heterocycles. The Morgan fingerprint density at radius 3 is 2.53 bits per heavy atom. The van der Waals surface area contributed by atoms with Crippen LogP contribution in [0.1, 0.15) is 45.8 Å². The highest BCUT2D eigenvalue weighted by Crippen LogP contribution is 2.38. The molecule has 0 saturated carbocycles. The SMILES string of the molecule is CCC(C)(C)C(C)C(O)c1cc#ccc1. The molecule has 0 bridgehead atoms. The highest BCUT2D eigenvalue weighted by molar-refractivity contribution is 5.14. The minimum Gasteiger partial charge on any atom is -0.388 e. The summed E-state index contributed by atoms with van der Waals surface area (Å²) in [4.78, 5) is 0. The van der Waals surface area contributed by atoms with Crippen LogP contribution in [0.15, 0.2) is 18.2 Å². The second kappa shape index (κ2) is 4.68. The number of hydrogen-bond donors (Lipinski definition) is 1. The van der Waals surface area contributed by atoms with Crippen molar-refractivity contribution in [1.82, 2.24) is 0 Å². The van der Waals surface area contributed by atoms with Gasteiger partial charge in [-0.25, -0.2) is 0 Å². The largest absolute Gasteiger partial charge is 0.388 e. The van der Waals surface area contributed by atoms with Crippen molar-refractivity contribution in [3.8, 4) is 0 Å². The normalized spacial score (nSPS) is 15.5. The molecule has 15 heavy (non-hydrogen) atoms. The molecule has 0 aliphatic carbocycles. The third kappa shape index (κ3) is 2.73. The molecule has 2 unspecified atom stereocenters. The van der Waals surface area contributed by atoms with Crippen LogP contribution < -0.4 is 0 Å². The van der Waals surface area contributed by atoms with E-state index < -0.39 is 6.10 Å². The Hall–Kier alpha value is -1.00. The number of hydrogen-bond acceptors (Lipinski definition) is 1. The first-order valence-electron chi connectivity index (χ1n) is 5.54. The molecule has 2 atom stereocenters. The molecule has 1 aromatic carbocycles. The van der Waals surface area contributed by atoms with E-state index in [9.17, 15) is 5.11 Å². The lowest BCUT2D eigenvalue weighted by molar-refractivity contribution is 0.0423.